The van der Waals surface area contributed by atoms with E-state index < -0.39 is 0 Å². The minimum absolute atomic E-state index is 0.00853. The number of nitriles is 1. The second-order valence-corrected chi connectivity index (χ2v) is 6.36. The minimum Gasteiger partial charge on any atom is -0.369 e. The molecule has 0 radical (unpaired) electrons. The summed E-state index contributed by atoms with van der Waals surface area (Å²) in [4.78, 5) is 18.3. The molecule has 24 heavy (non-hydrogen) atoms. The van der Waals surface area contributed by atoms with E-state index in [0.29, 0.717) is 11.5 Å². The topological polar surface area (TPSA) is 95.0 Å². The van der Waals surface area contributed by atoms with E-state index in [-0.39, 0.29) is 18.5 Å². The fourth-order valence-electron chi connectivity index (χ4n) is 3.46. The van der Waals surface area contributed by atoms with Gasteiger partial charge in [0.15, 0.2) is 0 Å². The molecule has 0 spiro atoms. The molecule has 1 aliphatic rings. The van der Waals surface area contributed by atoms with Gasteiger partial charge in [-0.2, -0.15) is 5.26 Å². The first-order valence-corrected chi connectivity index (χ1v) is 8.14. The molecule has 2 aromatic rings. The summed E-state index contributed by atoms with van der Waals surface area (Å²) < 4.78 is 0. The van der Waals surface area contributed by atoms with Crippen LogP contribution in [0.5, 0.6) is 0 Å². The first-order valence-electron chi connectivity index (χ1n) is 8.14. The van der Waals surface area contributed by atoms with Crippen molar-refractivity contribution < 1.29 is 4.79 Å². The highest BCUT2D eigenvalue weighted by atomic mass is 16.1. The molecule has 6 heteroatoms. The van der Waals surface area contributed by atoms with Gasteiger partial charge in [0.2, 0.25) is 5.91 Å². The zero-order chi connectivity index (χ0) is 17.1. The Kier molecular flexibility index (Phi) is 4.63. The van der Waals surface area contributed by atoms with Crippen molar-refractivity contribution in [1.82, 2.24) is 10.3 Å². The number of aromatic nitrogens is 1. The fraction of sp³-hybridized carbons (Fsp3) is 0.389. The van der Waals surface area contributed by atoms with E-state index in [9.17, 15) is 10.1 Å². The van der Waals surface area contributed by atoms with Crippen molar-refractivity contribution in [1.29, 1.82) is 5.26 Å². The van der Waals surface area contributed by atoms with Gasteiger partial charge in [-0.25, -0.2) is 0 Å². The van der Waals surface area contributed by atoms with Gasteiger partial charge in [-0.3, -0.25) is 9.78 Å². The number of benzene rings is 1. The quantitative estimate of drug-likeness (QED) is 0.890. The molecule has 0 aliphatic carbocycles. The van der Waals surface area contributed by atoms with Crippen molar-refractivity contribution >= 4 is 22.5 Å². The monoisotopic (exact) mass is 323 g/mol. The van der Waals surface area contributed by atoms with Crippen LogP contribution in [-0.2, 0) is 4.79 Å². The summed E-state index contributed by atoms with van der Waals surface area (Å²) >= 11 is 0. The van der Waals surface area contributed by atoms with Gasteiger partial charge in [0.05, 0.1) is 17.6 Å². The first-order chi connectivity index (χ1) is 11.6. The predicted molar refractivity (Wildman–Crippen MR) is 93.4 cm³/mol. The Bertz CT molecular complexity index is 798. The number of nitrogens with zero attached hydrogens (tertiary/aromatic N) is 3. The smallest absolute Gasteiger partial charge is 0.234 e. The number of nitrogens with two attached hydrogens (primary N) is 1. The third-order valence-electron chi connectivity index (χ3n) is 4.42. The standard InChI is InChI=1S/C18H21N5O/c1-12-7-14(22-17(24)9-20)11-23(10-12)16-5-4-13(8-19)18-15(16)3-2-6-21-18/h2-6,12,14H,7,9-11,20H2,1H3,(H,22,24)/t12-,14+/m0/s1. The third kappa shape index (κ3) is 3.17. The average molecular weight is 323 g/mol. The number of pyridine rings is 1. The van der Waals surface area contributed by atoms with Gasteiger partial charge in [-0.15, -0.1) is 0 Å². The van der Waals surface area contributed by atoms with Crippen LogP contribution in [0.3, 0.4) is 0 Å². The van der Waals surface area contributed by atoms with E-state index in [2.05, 4.69) is 28.2 Å². The number of nitrogens with one attached hydrogen (secondary N) is 1. The van der Waals surface area contributed by atoms with Crippen LogP contribution in [0, 0.1) is 17.2 Å². The predicted octanol–water partition coefficient (Wildman–Crippen LogP) is 1.40. The van der Waals surface area contributed by atoms with Gasteiger partial charge >= 0.3 is 0 Å². The summed E-state index contributed by atoms with van der Waals surface area (Å²) in [6.07, 6.45) is 2.64. The Morgan fingerprint density at radius 3 is 3.04 bits per heavy atom. The van der Waals surface area contributed by atoms with Crippen LogP contribution in [0.2, 0.25) is 0 Å². The van der Waals surface area contributed by atoms with E-state index in [1.165, 1.54) is 0 Å². The Morgan fingerprint density at radius 2 is 2.29 bits per heavy atom. The molecule has 3 rings (SSSR count). The van der Waals surface area contributed by atoms with Crippen LogP contribution in [0.1, 0.15) is 18.9 Å². The number of anilines is 1. The van der Waals surface area contributed by atoms with Crippen molar-refractivity contribution in [2.45, 2.75) is 19.4 Å². The van der Waals surface area contributed by atoms with Gasteiger partial charge in [0, 0.05) is 36.4 Å². The zero-order valence-corrected chi connectivity index (χ0v) is 13.7. The molecular weight excluding hydrogens is 302 g/mol. The maximum absolute atomic E-state index is 11.6. The maximum atomic E-state index is 11.6. The highest BCUT2D eigenvalue weighted by Crippen LogP contribution is 2.31. The van der Waals surface area contributed by atoms with Gasteiger partial charge in [-0.05, 0) is 36.6 Å². The van der Waals surface area contributed by atoms with Crippen LogP contribution < -0.4 is 16.0 Å². The largest absolute Gasteiger partial charge is 0.369 e. The Labute approximate surface area is 141 Å². The van der Waals surface area contributed by atoms with E-state index in [1.807, 2.05) is 24.3 Å². The normalized spacial score (nSPS) is 20.6. The van der Waals surface area contributed by atoms with Crippen LogP contribution in [0.15, 0.2) is 30.5 Å². The molecule has 3 N–H and O–H groups in total. The van der Waals surface area contributed by atoms with E-state index in [1.54, 1.807) is 6.20 Å². The van der Waals surface area contributed by atoms with E-state index in [4.69, 9.17) is 5.73 Å². The lowest BCUT2D eigenvalue weighted by Crippen LogP contribution is -2.51. The average Bonchev–Trinajstić information content (AvgIpc) is 2.60. The number of piperidine rings is 1. The van der Waals surface area contributed by atoms with E-state index >= 15 is 0 Å². The first kappa shape index (κ1) is 16.2. The molecule has 6 nitrogen and oxygen atoms in total. The van der Waals surface area contributed by atoms with Crippen molar-refractivity contribution in [2.24, 2.45) is 11.7 Å². The lowest BCUT2D eigenvalue weighted by atomic mass is 9.94. The Balaban J connectivity index is 1.95. The second-order valence-electron chi connectivity index (χ2n) is 6.36. The van der Waals surface area contributed by atoms with Crippen molar-refractivity contribution in [3.63, 3.8) is 0 Å². The summed E-state index contributed by atoms with van der Waals surface area (Å²) in [6, 6.07) is 9.94. The molecule has 0 saturated carbocycles. The van der Waals surface area contributed by atoms with Gasteiger partial charge in [-0.1, -0.05) is 6.92 Å². The number of fused-ring (bicyclic) bond motifs is 1. The zero-order valence-electron chi connectivity index (χ0n) is 13.7. The lowest BCUT2D eigenvalue weighted by Gasteiger charge is -2.38. The summed E-state index contributed by atoms with van der Waals surface area (Å²) in [6.45, 7) is 3.82. The molecule has 2 atom stereocenters. The van der Waals surface area contributed by atoms with Crippen molar-refractivity contribution in [2.75, 3.05) is 24.5 Å². The van der Waals surface area contributed by atoms with E-state index in [0.717, 1.165) is 36.1 Å². The summed E-state index contributed by atoms with van der Waals surface area (Å²) in [5.74, 6) is 0.324. The molecule has 1 amide bonds. The molecule has 1 aromatic heterocycles. The SMILES string of the molecule is C[C@H]1C[C@@H](NC(=O)CN)CN(c2ccc(C#N)c3ncccc23)C1. The summed E-state index contributed by atoms with van der Waals surface area (Å²) in [5.41, 5.74) is 7.76. The number of hydrogen-bond acceptors (Lipinski definition) is 5. The molecular formula is C18H21N5O. The van der Waals surface area contributed by atoms with Crippen LogP contribution in [0.4, 0.5) is 5.69 Å². The lowest BCUT2D eigenvalue weighted by molar-refractivity contribution is -0.120. The molecule has 1 aromatic carbocycles. The molecule has 0 bridgehead atoms. The highest BCUT2D eigenvalue weighted by molar-refractivity contribution is 5.95. The third-order valence-corrected chi connectivity index (χ3v) is 4.42. The Hall–Kier alpha value is -2.65. The van der Waals surface area contributed by atoms with Gasteiger partial charge in [0.1, 0.15) is 6.07 Å². The number of hydrogen-bond donors (Lipinski definition) is 2. The number of amides is 1. The van der Waals surface area contributed by atoms with Crippen molar-refractivity contribution in [3.8, 4) is 6.07 Å². The van der Waals surface area contributed by atoms with Crippen LogP contribution in [0.25, 0.3) is 10.9 Å². The number of carbonyl (C=O) groups is 1. The number of carbonyl (C=O) groups excluding carboxylic acids is 1. The van der Waals surface area contributed by atoms with Gasteiger partial charge < -0.3 is 16.0 Å². The minimum atomic E-state index is -0.125. The summed E-state index contributed by atoms with van der Waals surface area (Å²) in [7, 11) is 0. The second kappa shape index (κ2) is 6.85. The summed E-state index contributed by atoms with van der Waals surface area (Å²) in [5, 5.41) is 13.2. The molecule has 2 heterocycles. The molecule has 124 valence electrons. The van der Waals surface area contributed by atoms with Crippen LogP contribution in [-0.4, -0.2) is 36.6 Å². The fourth-order valence-corrected chi connectivity index (χ4v) is 3.46. The van der Waals surface area contributed by atoms with Crippen molar-refractivity contribution in [3.05, 3.63) is 36.0 Å². The number of rotatable bonds is 3. The molecule has 1 saturated heterocycles. The maximum Gasteiger partial charge on any atom is 0.234 e. The highest BCUT2D eigenvalue weighted by Gasteiger charge is 2.27. The van der Waals surface area contributed by atoms with Gasteiger partial charge in [0.25, 0.3) is 0 Å². The van der Waals surface area contributed by atoms with Crippen LogP contribution >= 0.6 is 0 Å². The molecule has 0 unspecified atom stereocenters. The molecule has 1 fully saturated rings. The molecule has 1 aliphatic heterocycles. The Morgan fingerprint density at radius 1 is 1.46 bits per heavy atom.